The number of alkyl carbamates (subject to hydrolysis) is 1. The SMILES string of the molecule is NC(=O)[C@H](Cc1ccccc1[N+](=O)[O-])NC(=O)C[C@@H](O)CNC(=O)OCc1ccccc1. The van der Waals surface area contributed by atoms with Crippen molar-refractivity contribution in [2.75, 3.05) is 6.54 Å². The van der Waals surface area contributed by atoms with Crippen LogP contribution in [0.2, 0.25) is 0 Å². The summed E-state index contributed by atoms with van der Waals surface area (Å²) in [5.74, 6) is -1.59. The van der Waals surface area contributed by atoms with Gasteiger partial charge in [-0.3, -0.25) is 19.7 Å². The van der Waals surface area contributed by atoms with Crippen molar-refractivity contribution in [1.29, 1.82) is 0 Å². The van der Waals surface area contributed by atoms with Crippen LogP contribution in [0.25, 0.3) is 0 Å². The van der Waals surface area contributed by atoms with Gasteiger partial charge in [-0.05, 0) is 5.56 Å². The molecule has 0 unspecified atom stereocenters. The number of amides is 3. The Labute approximate surface area is 183 Å². The van der Waals surface area contributed by atoms with Crippen molar-refractivity contribution in [3.63, 3.8) is 0 Å². The molecule has 0 aliphatic heterocycles. The Bertz CT molecular complexity index is 952. The minimum absolute atomic E-state index is 0.0508. The number of nitro groups is 1. The third kappa shape index (κ3) is 8.03. The summed E-state index contributed by atoms with van der Waals surface area (Å²) >= 11 is 0. The van der Waals surface area contributed by atoms with Crippen molar-refractivity contribution in [2.24, 2.45) is 5.73 Å². The number of nitrogens with two attached hydrogens (primary N) is 1. The molecule has 0 heterocycles. The number of hydrogen-bond donors (Lipinski definition) is 4. The number of aliphatic hydroxyl groups excluding tert-OH is 1. The summed E-state index contributed by atoms with van der Waals surface area (Å²) in [6.07, 6.45) is -2.63. The number of primary amides is 1. The minimum Gasteiger partial charge on any atom is -0.445 e. The average molecular weight is 444 g/mol. The van der Waals surface area contributed by atoms with Gasteiger partial charge < -0.3 is 26.2 Å². The standard InChI is InChI=1S/C21H24N4O7/c22-20(28)17(10-15-8-4-5-9-18(15)25(30)31)24-19(27)11-16(26)12-23-21(29)32-13-14-6-2-1-3-7-14/h1-9,16-17,26H,10-13H2,(H2,22,28)(H,23,29)(H,24,27)/t16-,17+/m1/s1. The molecule has 2 aromatic carbocycles. The number of carbonyl (C=O) groups is 3. The largest absolute Gasteiger partial charge is 0.445 e. The first kappa shape index (κ1) is 24.3. The smallest absolute Gasteiger partial charge is 0.407 e. The molecule has 0 aliphatic rings. The number of para-hydroxylation sites is 1. The Morgan fingerprint density at radius 2 is 1.75 bits per heavy atom. The second kappa shape index (κ2) is 12.0. The summed E-state index contributed by atoms with van der Waals surface area (Å²) in [6.45, 7) is -0.207. The summed E-state index contributed by atoms with van der Waals surface area (Å²) < 4.78 is 5.00. The fourth-order valence-electron chi connectivity index (χ4n) is 2.82. The molecule has 0 bridgehead atoms. The molecule has 2 aromatic rings. The summed E-state index contributed by atoms with van der Waals surface area (Å²) in [5.41, 5.74) is 6.12. The van der Waals surface area contributed by atoms with Crippen LogP contribution < -0.4 is 16.4 Å². The first-order valence-corrected chi connectivity index (χ1v) is 9.70. The van der Waals surface area contributed by atoms with E-state index in [1.165, 1.54) is 18.2 Å². The number of nitrogens with one attached hydrogen (secondary N) is 2. The van der Waals surface area contributed by atoms with Gasteiger partial charge in [0.2, 0.25) is 11.8 Å². The van der Waals surface area contributed by atoms with Crippen LogP contribution in [0.15, 0.2) is 54.6 Å². The number of aliphatic hydroxyl groups is 1. The summed E-state index contributed by atoms with van der Waals surface area (Å²) in [5, 5.41) is 25.8. The van der Waals surface area contributed by atoms with E-state index in [1.54, 1.807) is 30.3 Å². The lowest BCUT2D eigenvalue weighted by Gasteiger charge is -2.17. The van der Waals surface area contributed by atoms with Crippen LogP contribution in [0.3, 0.4) is 0 Å². The molecular weight excluding hydrogens is 420 g/mol. The molecule has 0 spiro atoms. The minimum atomic E-state index is -1.25. The fraction of sp³-hybridized carbons (Fsp3) is 0.286. The van der Waals surface area contributed by atoms with Gasteiger partial charge in [-0.15, -0.1) is 0 Å². The molecule has 32 heavy (non-hydrogen) atoms. The van der Waals surface area contributed by atoms with Gasteiger partial charge in [-0.25, -0.2) is 4.79 Å². The molecule has 170 valence electrons. The summed E-state index contributed by atoms with van der Waals surface area (Å²) in [7, 11) is 0. The van der Waals surface area contributed by atoms with Gasteiger partial charge in [0.05, 0.1) is 17.4 Å². The first-order chi connectivity index (χ1) is 15.3. The van der Waals surface area contributed by atoms with Crippen molar-refractivity contribution in [3.8, 4) is 0 Å². The van der Waals surface area contributed by atoms with Crippen LogP contribution in [0.1, 0.15) is 17.5 Å². The van der Waals surface area contributed by atoms with E-state index in [0.717, 1.165) is 5.56 Å². The molecule has 2 rings (SSSR count). The number of carbonyl (C=O) groups excluding carboxylic acids is 3. The van der Waals surface area contributed by atoms with Crippen LogP contribution >= 0.6 is 0 Å². The zero-order valence-corrected chi connectivity index (χ0v) is 17.1. The maximum absolute atomic E-state index is 12.2. The van der Waals surface area contributed by atoms with Gasteiger partial charge in [0.1, 0.15) is 12.6 Å². The second-order valence-electron chi connectivity index (χ2n) is 6.91. The Hall–Kier alpha value is -3.99. The zero-order valence-electron chi connectivity index (χ0n) is 17.1. The molecule has 0 aliphatic carbocycles. The highest BCUT2D eigenvalue weighted by Crippen LogP contribution is 2.19. The normalized spacial score (nSPS) is 12.3. The molecule has 11 nitrogen and oxygen atoms in total. The predicted molar refractivity (Wildman–Crippen MR) is 113 cm³/mol. The molecular formula is C21H24N4O7. The van der Waals surface area contributed by atoms with E-state index in [9.17, 15) is 29.6 Å². The summed E-state index contributed by atoms with van der Waals surface area (Å²) in [4.78, 5) is 46.1. The van der Waals surface area contributed by atoms with Gasteiger partial charge in [-0.2, -0.15) is 0 Å². The van der Waals surface area contributed by atoms with Crippen molar-refractivity contribution in [3.05, 3.63) is 75.8 Å². The maximum atomic E-state index is 12.2. The van der Waals surface area contributed by atoms with Gasteiger partial charge in [0, 0.05) is 24.6 Å². The number of nitrogens with zero attached hydrogens (tertiary/aromatic N) is 1. The Morgan fingerprint density at radius 1 is 1.09 bits per heavy atom. The zero-order chi connectivity index (χ0) is 23.5. The van der Waals surface area contributed by atoms with E-state index in [4.69, 9.17) is 10.5 Å². The molecule has 2 atom stereocenters. The number of nitro benzene ring substituents is 1. The number of hydrogen-bond acceptors (Lipinski definition) is 7. The fourth-order valence-corrected chi connectivity index (χ4v) is 2.82. The lowest BCUT2D eigenvalue weighted by Crippen LogP contribution is -2.47. The third-order valence-electron chi connectivity index (χ3n) is 4.41. The van der Waals surface area contributed by atoms with E-state index >= 15 is 0 Å². The molecule has 5 N–H and O–H groups in total. The first-order valence-electron chi connectivity index (χ1n) is 9.70. The van der Waals surface area contributed by atoms with Crippen LogP contribution in [0, 0.1) is 10.1 Å². The monoisotopic (exact) mass is 444 g/mol. The highest BCUT2D eigenvalue weighted by molar-refractivity contribution is 5.87. The van der Waals surface area contributed by atoms with Gasteiger partial charge in [0.15, 0.2) is 0 Å². The second-order valence-corrected chi connectivity index (χ2v) is 6.91. The van der Waals surface area contributed by atoms with Gasteiger partial charge in [0.25, 0.3) is 5.69 Å². The Morgan fingerprint density at radius 3 is 2.41 bits per heavy atom. The number of benzene rings is 2. The molecule has 3 amide bonds. The number of ether oxygens (including phenoxy) is 1. The Balaban J connectivity index is 1.80. The van der Waals surface area contributed by atoms with Gasteiger partial charge in [-0.1, -0.05) is 48.5 Å². The highest BCUT2D eigenvalue weighted by atomic mass is 16.6. The van der Waals surface area contributed by atoms with E-state index in [2.05, 4.69) is 10.6 Å². The molecule has 11 heteroatoms. The van der Waals surface area contributed by atoms with E-state index in [1.807, 2.05) is 6.07 Å². The lowest BCUT2D eigenvalue weighted by molar-refractivity contribution is -0.385. The van der Waals surface area contributed by atoms with Crippen molar-refractivity contribution >= 4 is 23.6 Å². The quantitative estimate of drug-likeness (QED) is 0.293. The van der Waals surface area contributed by atoms with Crippen LogP contribution in [-0.2, 0) is 27.4 Å². The van der Waals surface area contributed by atoms with E-state index < -0.39 is 41.4 Å². The summed E-state index contributed by atoms with van der Waals surface area (Å²) in [6, 6.07) is 13.6. The maximum Gasteiger partial charge on any atom is 0.407 e. The van der Waals surface area contributed by atoms with Crippen LogP contribution in [0.5, 0.6) is 0 Å². The molecule has 0 saturated heterocycles. The molecule has 0 fully saturated rings. The highest BCUT2D eigenvalue weighted by Gasteiger charge is 2.24. The Kier molecular flexibility index (Phi) is 9.11. The molecule has 0 radical (unpaired) electrons. The van der Waals surface area contributed by atoms with Gasteiger partial charge >= 0.3 is 6.09 Å². The predicted octanol–water partition coefficient (Wildman–Crippen LogP) is 0.785. The topological polar surface area (TPSA) is 174 Å². The van der Waals surface area contributed by atoms with Crippen molar-refractivity contribution < 1.29 is 29.2 Å². The lowest BCUT2D eigenvalue weighted by atomic mass is 10.0. The molecule has 0 saturated carbocycles. The average Bonchev–Trinajstić information content (AvgIpc) is 2.76. The van der Waals surface area contributed by atoms with E-state index in [-0.39, 0.29) is 30.8 Å². The van der Waals surface area contributed by atoms with E-state index in [0.29, 0.717) is 0 Å². The van der Waals surface area contributed by atoms with Crippen molar-refractivity contribution in [2.45, 2.75) is 31.6 Å². The van der Waals surface area contributed by atoms with Crippen LogP contribution in [0.4, 0.5) is 10.5 Å². The van der Waals surface area contributed by atoms with Crippen LogP contribution in [-0.4, -0.2) is 46.6 Å². The van der Waals surface area contributed by atoms with Crippen molar-refractivity contribution in [1.82, 2.24) is 10.6 Å². The number of rotatable bonds is 11. The third-order valence-corrected chi connectivity index (χ3v) is 4.41. The molecule has 0 aromatic heterocycles.